The number of halogens is 2. The molecule has 0 spiro atoms. The molecule has 0 saturated heterocycles. The van der Waals surface area contributed by atoms with Gasteiger partial charge < -0.3 is 4.90 Å². The highest BCUT2D eigenvalue weighted by atomic mass is 79.9. The maximum Gasteiger partial charge on any atom is 0.0494 e. The zero-order valence-electron chi connectivity index (χ0n) is 10.4. The van der Waals surface area contributed by atoms with Crippen LogP contribution in [0, 0.1) is 5.92 Å². The number of benzene rings is 1. The summed E-state index contributed by atoms with van der Waals surface area (Å²) in [6.07, 6.45) is 2.64. The van der Waals surface area contributed by atoms with Crippen molar-refractivity contribution in [3.63, 3.8) is 0 Å². The molecule has 17 heavy (non-hydrogen) atoms. The predicted molar refractivity (Wildman–Crippen MR) is 78.9 cm³/mol. The van der Waals surface area contributed by atoms with Gasteiger partial charge in [-0.1, -0.05) is 35.8 Å². The first-order chi connectivity index (χ1) is 8.11. The van der Waals surface area contributed by atoms with Crippen molar-refractivity contribution in [1.82, 2.24) is 0 Å². The molecular weight excluding hydrogens is 298 g/mol. The van der Waals surface area contributed by atoms with Crippen molar-refractivity contribution in [2.45, 2.75) is 38.6 Å². The lowest BCUT2D eigenvalue weighted by molar-refractivity contribution is 0.606. The van der Waals surface area contributed by atoms with E-state index < -0.39 is 0 Å². The van der Waals surface area contributed by atoms with E-state index in [1.54, 1.807) is 0 Å². The summed E-state index contributed by atoms with van der Waals surface area (Å²) in [4.78, 5) is 2.53. The van der Waals surface area contributed by atoms with Crippen LogP contribution in [0.15, 0.2) is 22.7 Å². The van der Waals surface area contributed by atoms with Gasteiger partial charge in [0, 0.05) is 28.6 Å². The van der Waals surface area contributed by atoms with Gasteiger partial charge in [-0.3, -0.25) is 0 Å². The van der Waals surface area contributed by atoms with Crippen molar-refractivity contribution < 1.29 is 0 Å². The molecule has 1 aliphatic carbocycles. The molecular formula is C14H19BrClN. The van der Waals surface area contributed by atoms with Gasteiger partial charge in [0.2, 0.25) is 0 Å². The largest absolute Gasteiger partial charge is 0.368 e. The fraction of sp³-hybridized carbons (Fsp3) is 0.571. The molecule has 0 aliphatic heterocycles. The van der Waals surface area contributed by atoms with Crippen LogP contribution in [0.25, 0.3) is 0 Å². The average molecular weight is 317 g/mol. The molecule has 0 N–H and O–H groups in total. The van der Waals surface area contributed by atoms with E-state index >= 15 is 0 Å². The number of rotatable bonds is 5. The Hall–Kier alpha value is -0.210. The molecule has 1 nitrogen and oxygen atoms in total. The van der Waals surface area contributed by atoms with E-state index in [0.29, 0.717) is 11.8 Å². The molecule has 0 amide bonds. The Morgan fingerprint density at radius 2 is 2.12 bits per heavy atom. The summed E-state index contributed by atoms with van der Waals surface area (Å²) in [6.45, 7) is 5.66. The number of anilines is 1. The first-order valence-electron chi connectivity index (χ1n) is 6.23. The Kier molecular flexibility index (Phi) is 4.37. The Morgan fingerprint density at radius 3 is 2.65 bits per heavy atom. The highest BCUT2D eigenvalue weighted by Gasteiger charge is 2.30. The fourth-order valence-corrected chi connectivity index (χ4v) is 2.72. The van der Waals surface area contributed by atoms with Crippen molar-refractivity contribution in [2.24, 2.45) is 5.92 Å². The lowest BCUT2D eigenvalue weighted by Crippen LogP contribution is -2.30. The highest BCUT2D eigenvalue weighted by molar-refractivity contribution is 9.10. The standard InChI is InChI=1S/C14H19BrClN/c1-10(2)9-17(13-5-6-13)14-7-12(15)4-3-11(14)8-16/h3-4,7,10,13H,5-6,8-9H2,1-2H3. The second kappa shape index (κ2) is 5.62. The maximum absolute atomic E-state index is 6.05. The topological polar surface area (TPSA) is 3.24 Å². The van der Waals surface area contributed by atoms with E-state index in [2.05, 4.69) is 52.9 Å². The SMILES string of the molecule is CC(C)CN(c1cc(Br)ccc1CCl)C1CC1. The molecule has 1 saturated carbocycles. The fourth-order valence-electron chi connectivity index (χ4n) is 2.14. The molecule has 1 aliphatic rings. The Bertz CT molecular complexity index is 388. The number of nitrogens with zero attached hydrogens (tertiary/aromatic N) is 1. The molecule has 0 unspecified atom stereocenters. The van der Waals surface area contributed by atoms with Crippen molar-refractivity contribution in [2.75, 3.05) is 11.4 Å². The Morgan fingerprint density at radius 1 is 1.41 bits per heavy atom. The van der Waals surface area contributed by atoms with E-state index in [-0.39, 0.29) is 0 Å². The third kappa shape index (κ3) is 3.38. The summed E-state index contributed by atoms with van der Waals surface area (Å²) in [7, 11) is 0. The summed E-state index contributed by atoms with van der Waals surface area (Å²) < 4.78 is 1.13. The minimum Gasteiger partial charge on any atom is -0.368 e. The zero-order valence-corrected chi connectivity index (χ0v) is 12.8. The van der Waals surface area contributed by atoms with Gasteiger partial charge in [-0.15, -0.1) is 11.6 Å². The molecule has 0 bridgehead atoms. The van der Waals surface area contributed by atoms with Crippen molar-refractivity contribution in [1.29, 1.82) is 0 Å². The quantitative estimate of drug-likeness (QED) is 0.704. The Labute approximate surface area is 117 Å². The van der Waals surface area contributed by atoms with Gasteiger partial charge in [0.15, 0.2) is 0 Å². The van der Waals surface area contributed by atoms with Crippen LogP contribution >= 0.6 is 27.5 Å². The minimum atomic E-state index is 0.587. The van der Waals surface area contributed by atoms with Crippen LogP contribution in [0.2, 0.25) is 0 Å². The smallest absolute Gasteiger partial charge is 0.0494 e. The first-order valence-corrected chi connectivity index (χ1v) is 7.55. The third-order valence-corrected chi connectivity index (χ3v) is 3.83. The minimum absolute atomic E-state index is 0.587. The number of hydrogen-bond acceptors (Lipinski definition) is 1. The van der Waals surface area contributed by atoms with Gasteiger partial charge in [-0.05, 0) is 36.5 Å². The average Bonchev–Trinajstić information content (AvgIpc) is 3.09. The molecule has 3 heteroatoms. The number of hydrogen-bond donors (Lipinski definition) is 0. The Balaban J connectivity index is 2.30. The molecule has 0 heterocycles. The summed E-state index contributed by atoms with van der Waals surface area (Å²) in [5, 5.41) is 0. The van der Waals surface area contributed by atoms with Crippen LogP contribution in [0.3, 0.4) is 0 Å². The van der Waals surface area contributed by atoms with Crippen LogP contribution in [0.1, 0.15) is 32.3 Å². The van der Waals surface area contributed by atoms with Crippen molar-refractivity contribution in [3.8, 4) is 0 Å². The van der Waals surface area contributed by atoms with E-state index in [1.807, 2.05) is 0 Å². The molecule has 1 fully saturated rings. The van der Waals surface area contributed by atoms with Gasteiger partial charge in [-0.25, -0.2) is 0 Å². The van der Waals surface area contributed by atoms with Crippen molar-refractivity contribution >= 4 is 33.2 Å². The predicted octanol–water partition coefficient (Wildman–Crippen LogP) is 4.81. The summed E-state index contributed by atoms with van der Waals surface area (Å²) in [6, 6.07) is 7.14. The normalized spacial score (nSPS) is 15.4. The van der Waals surface area contributed by atoms with Crippen molar-refractivity contribution in [3.05, 3.63) is 28.2 Å². The maximum atomic E-state index is 6.05. The molecule has 0 radical (unpaired) electrons. The molecule has 94 valence electrons. The van der Waals surface area contributed by atoms with Crippen LogP contribution in [0.4, 0.5) is 5.69 Å². The van der Waals surface area contributed by atoms with Crippen LogP contribution in [-0.4, -0.2) is 12.6 Å². The van der Waals surface area contributed by atoms with E-state index in [1.165, 1.54) is 24.1 Å². The van der Waals surface area contributed by atoms with Crippen LogP contribution in [-0.2, 0) is 5.88 Å². The monoisotopic (exact) mass is 315 g/mol. The van der Waals surface area contributed by atoms with Gasteiger partial charge >= 0.3 is 0 Å². The first kappa shape index (κ1) is 13.2. The summed E-state index contributed by atoms with van der Waals surface area (Å²) in [5.74, 6) is 1.27. The molecule has 1 aromatic rings. The van der Waals surface area contributed by atoms with E-state index in [0.717, 1.165) is 17.1 Å². The molecule has 2 rings (SSSR count). The van der Waals surface area contributed by atoms with Gasteiger partial charge in [-0.2, -0.15) is 0 Å². The molecule has 0 aromatic heterocycles. The lowest BCUT2D eigenvalue weighted by atomic mass is 10.1. The van der Waals surface area contributed by atoms with Crippen LogP contribution in [0.5, 0.6) is 0 Å². The molecule has 1 aromatic carbocycles. The van der Waals surface area contributed by atoms with E-state index in [4.69, 9.17) is 11.6 Å². The second-order valence-electron chi connectivity index (χ2n) is 5.18. The van der Waals surface area contributed by atoms with Gasteiger partial charge in [0.1, 0.15) is 0 Å². The zero-order chi connectivity index (χ0) is 12.4. The highest BCUT2D eigenvalue weighted by Crippen LogP contribution is 2.36. The van der Waals surface area contributed by atoms with Gasteiger partial charge in [0.05, 0.1) is 0 Å². The van der Waals surface area contributed by atoms with Gasteiger partial charge in [0.25, 0.3) is 0 Å². The lowest BCUT2D eigenvalue weighted by Gasteiger charge is -2.28. The molecule has 0 atom stereocenters. The summed E-state index contributed by atoms with van der Waals surface area (Å²) in [5.41, 5.74) is 2.55. The number of alkyl halides is 1. The third-order valence-electron chi connectivity index (χ3n) is 3.05. The second-order valence-corrected chi connectivity index (χ2v) is 6.37. The van der Waals surface area contributed by atoms with E-state index in [9.17, 15) is 0 Å². The van der Waals surface area contributed by atoms with Crippen LogP contribution < -0.4 is 4.90 Å². The summed E-state index contributed by atoms with van der Waals surface area (Å²) >= 11 is 9.61.